The molecule has 11 aromatic carbocycles. The van der Waals surface area contributed by atoms with Gasteiger partial charge in [0.15, 0.2) is 0 Å². The predicted octanol–water partition coefficient (Wildman–Crippen LogP) is 17.2. The third kappa shape index (κ3) is 6.04. The Bertz CT molecular complexity index is 3650. The summed E-state index contributed by atoms with van der Waals surface area (Å²) in [5.74, 6) is 0. The Morgan fingerprint density at radius 2 is 0.919 bits per heavy atom. The minimum atomic E-state index is 0.858. The van der Waals surface area contributed by atoms with E-state index in [9.17, 15) is 0 Å². The first-order valence-electron chi connectivity index (χ1n) is 21.2. The van der Waals surface area contributed by atoms with Gasteiger partial charge >= 0.3 is 0 Å². The third-order valence-electron chi connectivity index (χ3n) is 12.4. The molecular formula is C60H39NO. The fourth-order valence-electron chi connectivity index (χ4n) is 9.50. The molecule has 0 aliphatic rings. The van der Waals surface area contributed by atoms with Crippen molar-refractivity contribution < 1.29 is 4.42 Å². The average Bonchev–Trinajstić information content (AvgIpc) is 3.74. The van der Waals surface area contributed by atoms with Crippen molar-refractivity contribution in [1.82, 2.24) is 0 Å². The quantitative estimate of drug-likeness (QED) is 0.150. The van der Waals surface area contributed by atoms with Crippen molar-refractivity contribution in [2.24, 2.45) is 0 Å². The van der Waals surface area contributed by atoms with Crippen molar-refractivity contribution in [2.75, 3.05) is 4.90 Å². The maximum Gasteiger partial charge on any atom is 0.145 e. The largest absolute Gasteiger partial charge is 0.455 e. The summed E-state index contributed by atoms with van der Waals surface area (Å²) >= 11 is 0. The standard InChI is InChI=1S/C60H39NO/c1-2-16-40(17-3-1)43-21-14-22-44(36-43)50-26-10-12-30-56(50)61(48-24-15-23-45(38-48)55-39-46-20-6-7-25-49(46)52-27-8-9-28-53(52)55)57-35-34-51(47-33-32-41-18-4-5-19-42(41)37-47)60-59(57)54-29-11-13-31-58(54)62-60/h1-39H. The van der Waals surface area contributed by atoms with Crippen LogP contribution in [0.25, 0.3) is 98.8 Å². The molecule has 12 aromatic rings. The highest BCUT2D eigenvalue weighted by Crippen LogP contribution is 2.49. The minimum absolute atomic E-state index is 0.858. The minimum Gasteiger partial charge on any atom is -0.455 e. The van der Waals surface area contributed by atoms with Gasteiger partial charge in [-0.15, -0.1) is 0 Å². The van der Waals surface area contributed by atoms with Crippen molar-refractivity contribution in [3.63, 3.8) is 0 Å². The van der Waals surface area contributed by atoms with Crippen LogP contribution in [0.2, 0.25) is 0 Å². The van der Waals surface area contributed by atoms with E-state index in [0.29, 0.717) is 0 Å². The number of hydrogen-bond donors (Lipinski definition) is 0. The summed E-state index contributed by atoms with van der Waals surface area (Å²) in [6.07, 6.45) is 0. The highest BCUT2D eigenvalue weighted by atomic mass is 16.3. The molecule has 0 N–H and O–H groups in total. The summed E-state index contributed by atoms with van der Waals surface area (Å²) < 4.78 is 6.95. The Hall–Kier alpha value is -8.20. The van der Waals surface area contributed by atoms with E-state index in [1.165, 1.54) is 49.0 Å². The lowest BCUT2D eigenvalue weighted by Crippen LogP contribution is -2.12. The maximum absolute atomic E-state index is 6.95. The number of anilines is 3. The molecule has 0 radical (unpaired) electrons. The molecule has 0 aliphatic heterocycles. The molecule has 0 saturated carbocycles. The van der Waals surface area contributed by atoms with Gasteiger partial charge in [-0.05, 0) is 120 Å². The van der Waals surface area contributed by atoms with Gasteiger partial charge in [0, 0.05) is 22.2 Å². The molecule has 12 rings (SSSR count). The van der Waals surface area contributed by atoms with Crippen LogP contribution in [-0.2, 0) is 0 Å². The summed E-state index contributed by atoms with van der Waals surface area (Å²) in [7, 11) is 0. The second-order valence-corrected chi connectivity index (χ2v) is 16.0. The third-order valence-corrected chi connectivity index (χ3v) is 12.4. The number of nitrogens with zero attached hydrogens (tertiary/aromatic N) is 1. The Labute approximate surface area is 360 Å². The zero-order valence-electron chi connectivity index (χ0n) is 33.9. The van der Waals surface area contributed by atoms with Crippen LogP contribution in [0.4, 0.5) is 17.1 Å². The first-order chi connectivity index (χ1) is 30.7. The molecule has 1 aromatic heterocycles. The van der Waals surface area contributed by atoms with Gasteiger partial charge in [-0.25, -0.2) is 0 Å². The molecule has 0 bridgehead atoms. The molecule has 0 saturated heterocycles. The van der Waals surface area contributed by atoms with Crippen LogP contribution in [0.1, 0.15) is 0 Å². The zero-order valence-corrected chi connectivity index (χ0v) is 33.9. The van der Waals surface area contributed by atoms with Crippen molar-refractivity contribution in [3.05, 3.63) is 237 Å². The van der Waals surface area contributed by atoms with Crippen LogP contribution in [-0.4, -0.2) is 0 Å². The first-order valence-corrected chi connectivity index (χ1v) is 21.2. The number of benzene rings is 11. The molecule has 0 fully saturated rings. The van der Waals surface area contributed by atoms with Crippen LogP contribution in [0.3, 0.4) is 0 Å². The van der Waals surface area contributed by atoms with Gasteiger partial charge in [-0.1, -0.05) is 182 Å². The van der Waals surface area contributed by atoms with Crippen molar-refractivity contribution in [3.8, 4) is 44.5 Å². The van der Waals surface area contributed by atoms with Gasteiger partial charge < -0.3 is 9.32 Å². The molecule has 2 heteroatoms. The first kappa shape index (κ1) is 35.7. The van der Waals surface area contributed by atoms with Gasteiger partial charge in [0.25, 0.3) is 0 Å². The molecular weight excluding hydrogens is 751 g/mol. The Kier molecular flexibility index (Phi) is 8.53. The zero-order chi connectivity index (χ0) is 41.0. The van der Waals surface area contributed by atoms with Crippen LogP contribution in [0.15, 0.2) is 241 Å². The van der Waals surface area contributed by atoms with Crippen molar-refractivity contribution in [2.45, 2.75) is 0 Å². The normalized spacial score (nSPS) is 11.5. The Morgan fingerprint density at radius 1 is 0.290 bits per heavy atom. The van der Waals surface area contributed by atoms with Crippen LogP contribution in [0, 0.1) is 0 Å². The number of hydrogen-bond acceptors (Lipinski definition) is 2. The topological polar surface area (TPSA) is 16.4 Å². The lowest BCUT2D eigenvalue weighted by molar-refractivity contribution is 0.670. The second-order valence-electron chi connectivity index (χ2n) is 16.0. The summed E-state index contributed by atoms with van der Waals surface area (Å²) in [6, 6.07) is 85.5. The molecule has 0 aliphatic carbocycles. The van der Waals surface area contributed by atoms with E-state index in [-0.39, 0.29) is 0 Å². The SMILES string of the molecule is c1ccc(-c2cccc(-c3ccccc3N(c3cccc(-c4cc5ccccc5c5ccccc45)c3)c3ccc(-c4ccc5ccccc5c4)c4oc5ccccc5c34)c2)cc1. The van der Waals surface area contributed by atoms with Crippen molar-refractivity contribution in [1.29, 1.82) is 0 Å². The lowest BCUT2D eigenvalue weighted by atomic mass is 9.92. The predicted molar refractivity (Wildman–Crippen MR) is 263 cm³/mol. The molecule has 2 nitrogen and oxygen atoms in total. The van der Waals surface area contributed by atoms with E-state index < -0.39 is 0 Å². The number of para-hydroxylation sites is 2. The summed E-state index contributed by atoms with van der Waals surface area (Å²) in [4.78, 5) is 2.45. The van der Waals surface area contributed by atoms with Gasteiger partial charge in [-0.3, -0.25) is 0 Å². The average molecular weight is 790 g/mol. The summed E-state index contributed by atoms with van der Waals surface area (Å²) in [5.41, 5.74) is 14.1. The smallest absolute Gasteiger partial charge is 0.145 e. The van der Waals surface area contributed by atoms with Gasteiger partial charge in [-0.2, -0.15) is 0 Å². The monoisotopic (exact) mass is 789 g/mol. The fraction of sp³-hybridized carbons (Fsp3) is 0. The molecule has 0 spiro atoms. The number of furan rings is 1. The number of rotatable bonds is 7. The number of fused-ring (bicyclic) bond motifs is 7. The Morgan fingerprint density at radius 3 is 1.79 bits per heavy atom. The highest BCUT2D eigenvalue weighted by Gasteiger charge is 2.25. The van der Waals surface area contributed by atoms with Gasteiger partial charge in [0.2, 0.25) is 0 Å². The highest BCUT2D eigenvalue weighted by molar-refractivity contribution is 6.18. The van der Waals surface area contributed by atoms with E-state index in [1.54, 1.807) is 0 Å². The molecule has 0 unspecified atom stereocenters. The van der Waals surface area contributed by atoms with Crippen molar-refractivity contribution >= 4 is 71.3 Å². The summed E-state index contributed by atoms with van der Waals surface area (Å²) in [6.45, 7) is 0. The van der Waals surface area contributed by atoms with E-state index in [2.05, 4.69) is 241 Å². The van der Waals surface area contributed by atoms with E-state index in [4.69, 9.17) is 4.42 Å². The van der Waals surface area contributed by atoms with Crippen LogP contribution < -0.4 is 4.90 Å². The molecule has 0 atom stereocenters. The van der Waals surface area contributed by atoms with E-state index >= 15 is 0 Å². The lowest BCUT2D eigenvalue weighted by Gasteiger charge is -2.29. The van der Waals surface area contributed by atoms with E-state index in [0.717, 1.165) is 66.8 Å². The van der Waals surface area contributed by atoms with Crippen LogP contribution >= 0.6 is 0 Å². The second kappa shape index (κ2) is 14.8. The van der Waals surface area contributed by atoms with Gasteiger partial charge in [0.05, 0.1) is 16.8 Å². The maximum atomic E-state index is 6.95. The van der Waals surface area contributed by atoms with E-state index in [1.807, 2.05) is 0 Å². The fourth-order valence-corrected chi connectivity index (χ4v) is 9.50. The molecule has 0 amide bonds. The van der Waals surface area contributed by atoms with Gasteiger partial charge in [0.1, 0.15) is 11.2 Å². The van der Waals surface area contributed by atoms with Crippen LogP contribution in [0.5, 0.6) is 0 Å². The summed E-state index contributed by atoms with van der Waals surface area (Å²) in [5, 5.41) is 9.53. The molecule has 290 valence electrons. The Balaban J connectivity index is 1.13. The molecule has 62 heavy (non-hydrogen) atoms. The molecule has 1 heterocycles.